The van der Waals surface area contributed by atoms with E-state index in [1.807, 2.05) is 4.90 Å². The van der Waals surface area contributed by atoms with Crippen molar-refractivity contribution >= 4 is 5.91 Å². The van der Waals surface area contributed by atoms with Crippen LogP contribution in [0.5, 0.6) is 5.75 Å². The first-order valence-electron chi connectivity index (χ1n) is 10.2. The van der Waals surface area contributed by atoms with Crippen LogP contribution in [-0.4, -0.2) is 34.0 Å². The Morgan fingerprint density at radius 3 is 2.57 bits per heavy atom. The molecule has 1 aliphatic heterocycles. The molecule has 0 bridgehead atoms. The average molecular weight is 387 g/mol. The number of amides is 1. The molecule has 2 aromatic rings. The summed E-state index contributed by atoms with van der Waals surface area (Å²) in [7, 11) is 0. The van der Waals surface area contributed by atoms with E-state index >= 15 is 0 Å². The smallest absolute Gasteiger partial charge is 0.264 e. The number of benzene rings is 1. The zero-order chi connectivity index (χ0) is 19.3. The van der Waals surface area contributed by atoms with Crippen LogP contribution in [0.25, 0.3) is 0 Å². The number of hydrogen-bond donors (Lipinski definition) is 0. The van der Waals surface area contributed by atoms with Crippen molar-refractivity contribution in [1.29, 1.82) is 0 Å². The Labute approximate surface area is 164 Å². The number of hydrogen-bond acceptors (Lipinski definition) is 5. The van der Waals surface area contributed by atoms with Crippen LogP contribution in [0.2, 0.25) is 0 Å². The fourth-order valence-electron chi connectivity index (χ4n) is 4.15. The number of nitrogens with zero attached hydrogens (tertiary/aromatic N) is 3. The van der Waals surface area contributed by atoms with Gasteiger partial charge in [0.2, 0.25) is 5.91 Å². The van der Waals surface area contributed by atoms with Gasteiger partial charge in [0.25, 0.3) is 5.89 Å². The molecule has 2 heterocycles. The monoisotopic (exact) mass is 387 g/mol. The van der Waals surface area contributed by atoms with E-state index in [2.05, 4.69) is 10.1 Å². The maximum atomic E-state index is 12.9. The summed E-state index contributed by atoms with van der Waals surface area (Å²) in [4.78, 5) is 18.9. The van der Waals surface area contributed by atoms with Crippen molar-refractivity contribution in [3.63, 3.8) is 0 Å². The molecular weight excluding hydrogens is 361 g/mol. The van der Waals surface area contributed by atoms with E-state index < -0.39 is 0 Å². The van der Waals surface area contributed by atoms with Crippen LogP contribution in [0.15, 0.2) is 28.8 Å². The second kappa shape index (κ2) is 8.71. The fraction of sp³-hybridized carbons (Fsp3) is 0.571. The Morgan fingerprint density at radius 1 is 1.14 bits per heavy atom. The average Bonchev–Trinajstić information content (AvgIpc) is 3.40. The highest BCUT2D eigenvalue weighted by Gasteiger charge is 2.28. The van der Waals surface area contributed by atoms with Gasteiger partial charge in [0.05, 0.1) is 0 Å². The first-order chi connectivity index (χ1) is 13.7. The summed E-state index contributed by atoms with van der Waals surface area (Å²) in [6.45, 7) is 1.66. The highest BCUT2D eigenvalue weighted by Crippen LogP contribution is 2.30. The standard InChI is InChI=1S/C21H26FN3O3/c22-17-5-7-18(8-6-17)27-14-19-23-21(24-28-19)16-9-11-25(12-10-16)20(26)13-15-3-1-2-4-15/h5-8,15-16H,1-4,9-14H2. The number of likely N-dealkylation sites (tertiary alicyclic amines) is 1. The Morgan fingerprint density at radius 2 is 1.86 bits per heavy atom. The van der Waals surface area contributed by atoms with Crippen molar-refractivity contribution in [1.82, 2.24) is 15.0 Å². The lowest BCUT2D eigenvalue weighted by atomic mass is 9.95. The van der Waals surface area contributed by atoms with E-state index in [9.17, 15) is 9.18 Å². The quantitative estimate of drug-likeness (QED) is 0.747. The van der Waals surface area contributed by atoms with Crippen LogP contribution in [0.3, 0.4) is 0 Å². The second-order valence-electron chi connectivity index (χ2n) is 7.80. The van der Waals surface area contributed by atoms with Gasteiger partial charge in [-0.25, -0.2) is 4.39 Å². The first kappa shape index (κ1) is 18.9. The van der Waals surface area contributed by atoms with E-state index in [0.29, 0.717) is 35.7 Å². The maximum absolute atomic E-state index is 12.9. The third kappa shape index (κ3) is 4.69. The molecule has 150 valence electrons. The number of carbonyl (C=O) groups is 1. The first-order valence-corrected chi connectivity index (χ1v) is 10.2. The van der Waals surface area contributed by atoms with Crippen molar-refractivity contribution in [2.45, 2.75) is 57.5 Å². The highest BCUT2D eigenvalue weighted by atomic mass is 19.1. The van der Waals surface area contributed by atoms with Crippen molar-refractivity contribution < 1.29 is 18.4 Å². The van der Waals surface area contributed by atoms with Crippen molar-refractivity contribution in [2.24, 2.45) is 5.92 Å². The molecule has 28 heavy (non-hydrogen) atoms. The van der Waals surface area contributed by atoms with Gasteiger partial charge in [0.15, 0.2) is 12.4 Å². The van der Waals surface area contributed by atoms with Crippen molar-refractivity contribution in [3.05, 3.63) is 41.8 Å². The summed E-state index contributed by atoms with van der Waals surface area (Å²) < 4.78 is 23.7. The molecule has 1 aromatic carbocycles. The lowest BCUT2D eigenvalue weighted by Gasteiger charge is -2.31. The summed E-state index contributed by atoms with van der Waals surface area (Å²) in [6, 6.07) is 5.81. The molecule has 1 saturated heterocycles. The molecule has 4 rings (SSSR count). The van der Waals surface area contributed by atoms with Gasteiger partial charge in [-0.15, -0.1) is 0 Å². The summed E-state index contributed by atoms with van der Waals surface area (Å²) in [5.74, 6) is 2.42. The molecule has 0 unspecified atom stereocenters. The molecule has 6 nitrogen and oxygen atoms in total. The molecular formula is C21H26FN3O3. The largest absolute Gasteiger partial charge is 0.484 e. The Kier molecular flexibility index (Phi) is 5.88. The summed E-state index contributed by atoms with van der Waals surface area (Å²) in [5, 5.41) is 4.09. The van der Waals surface area contributed by atoms with E-state index in [-0.39, 0.29) is 18.3 Å². The Balaban J connectivity index is 1.24. The number of rotatable bonds is 6. The van der Waals surface area contributed by atoms with Gasteiger partial charge in [0.1, 0.15) is 11.6 Å². The van der Waals surface area contributed by atoms with Crippen molar-refractivity contribution in [3.8, 4) is 5.75 Å². The van der Waals surface area contributed by atoms with Crippen LogP contribution < -0.4 is 4.74 Å². The Bertz CT molecular complexity index is 778. The second-order valence-corrected chi connectivity index (χ2v) is 7.80. The molecule has 2 aliphatic rings. The predicted octanol–water partition coefficient (Wildman–Crippen LogP) is 4.07. The van der Waals surface area contributed by atoms with Gasteiger partial charge in [-0.1, -0.05) is 18.0 Å². The molecule has 0 N–H and O–H groups in total. The molecule has 0 radical (unpaired) electrons. The number of halogens is 1. The van der Waals surface area contributed by atoms with Crippen LogP contribution in [-0.2, 0) is 11.4 Å². The van der Waals surface area contributed by atoms with E-state index in [0.717, 1.165) is 25.9 Å². The number of piperidine rings is 1. The third-order valence-corrected chi connectivity index (χ3v) is 5.81. The zero-order valence-corrected chi connectivity index (χ0v) is 16.0. The van der Waals surface area contributed by atoms with E-state index in [1.54, 1.807) is 12.1 Å². The van der Waals surface area contributed by atoms with Gasteiger partial charge in [-0.2, -0.15) is 4.98 Å². The van der Waals surface area contributed by atoms with Gasteiger partial charge in [-0.05, 0) is 55.9 Å². The summed E-state index contributed by atoms with van der Waals surface area (Å²) >= 11 is 0. The van der Waals surface area contributed by atoms with Crippen LogP contribution in [0.4, 0.5) is 4.39 Å². The molecule has 1 aromatic heterocycles. The minimum atomic E-state index is -0.305. The van der Waals surface area contributed by atoms with E-state index in [1.165, 1.54) is 37.8 Å². The SMILES string of the molecule is O=C(CC1CCCC1)N1CCC(c2noc(COc3ccc(F)cc3)n2)CC1. The van der Waals surface area contributed by atoms with E-state index in [4.69, 9.17) is 9.26 Å². The molecule has 0 atom stereocenters. The molecule has 7 heteroatoms. The summed E-state index contributed by atoms with van der Waals surface area (Å²) in [5.41, 5.74) is 0. The molecule has 1 aliphatic carbocycles. The summed E-state index contributed by atoms with van der Waals surface area (Å²) in [6.07, 6.45) is 7.36. The number of carbonyl (C=O) groups excluding carboxylic acids is 1. The van der Waals surface area contributed by atoms with Gasteiger partial charge in [-0.3, -0.25) is 4.79 Å². The number of ether oxygens (including phenoxy) is 1. The fourth-order valence-corrected chi connectivity index (χ4v) is 4.15. The van der Waals surface area contributed by atoms with Crippen LogP contribution in [0.1, 0.15) is 62.6 Å². The molecule has 1 amide bonds. The lowest BCUT2D eigenvalue weighted by Crippen LogP contribution is -2.38. The maximum Gasteiger partial charge on any atom is 0.264 e. The molecule has 1 saturated carbocycles. The lowest BCUT2D eigenvalue weighted by molar-refractivity contribution is -0.133. The van der Waals surface area contributed by atoms with Crippen LogP contribution >= 0.6 is 0 Å². The highest BCUT2D eigenvalue weighted by molar-refractivity contribution is 5.76. The number of aromatic nitrogens is 2. The van der Waals surface area contributed by atoms with Gasteiger partial charge < -0.3 is 14.2 Å². The van der Waals surface area contributed by atoms with Crippen LogP contribution in [0, 0.1) is 11.7 Å². The normalized spacial score (nSPS) is 18.5. The predicted molar refractivity (Wildman–Crippen MR) is 100 cm³/mol. The minimum Gasteiger partial charge on any atom is -0.484 e. The molecule has 2 fully saturated rings. The third-order valence-electron chi connectivity index (χ3n) is 5.81. The van der Waals surface area contributed by atoms with Gasteiger partial charge >= 0.3 is 0 Å². The van der Waals surface area contributed by atoms with Gasteiger partial charge in [0, 0.05) is 25.4 Å². The molecule has 0 spiro atoms. The zero-order valence-electron chi connectivity index (χ0n) is 16.0. The minimum absolute atomic E-state index is 0.150. The van der Waals surface area contributed by atoms with Crippen molar-refractivity contribution in [2.75, 3.05) is 13.1 Å². The Hall–Kier alpha value is -2.44. The topological polar surface area (TPSA) is 68.5 Å².